The van der Waals surface area contributed by atoms with Crippen LogP contribution in [0.15, 0.2) is 47.4 Å². The first-order chi connectivity index (χ1) is 15.1. The largest absolute Gasteiger partial charge is 0.454 e. The van der Waals surface area contributed by atoms with E-state index in [1.807, 2.05) is 0 Å². The summed E-state index contributed by atoms with van der Waals surface area (Å²) in [4.78, 5) is 12.4. The molecule has 2 atom stereocenters. The van der Waals surface area contributed by atoms with Gasteiger partial charge < -0.3 is 14.8 Å². The molecule has 0 saturated heterocycles. The molecule has 2 aromatic carbocycles. The second kappa shape index (κ2) is 8.53. The number of amides is 1. The molecule has 2 N–H and O–H groups in total. The number of carbonyl (C=O) groups excluding carboxylic acids is 1. The Morgan fingerprint density at radius 3 is 2.59 bits per heavy atom. The number of anilines is 1. The first-order valence-corrected chi connectivity index (χ1v) is 11.5. The van der Waals surface area contributed by atoms with E-state index in [2.05, 4.69) is 10.0 Å². The molecular formula is C21H21F3N2O5S. The normalized spacial score (nSPS) is 20.6. The van der Waals surface area contributed by atoms with Crippen molar-refractivity contribution in [2.24, 2.45) is 5.92 Å². The van der Waals surface area contributed by atoms with E-state index in [1.54, 1.807) is 6.07 Å². The van der Waals surface area contributed by atoms with Crippen LogP contribution in [0.3, 0.4) is 0 Å². The molecule has 0 aromatic heterocycles. The van der Waals surface area contributed by atoms with Gasteiger partial charge in [0, 0.05) is 17.7 Å². The number of rotatable bonds is 5. The Balaban J connectivity index is 1.46. The van der Waals surface area contributed by atoms with Gasteiger partial charge in [0.25, 0.3) is 15.9 Å². The van der Waals surface area contributed by atoms with Gasteiger partial charge in [-0.15, -0.1) is 0 Å². The zero-order valence-electron chi connectivity index (χ0n) is 16.8. The molecule has 32 heavy (non-hydrogen) atoms. The Bertz CT molecular complexity index is 1120. The number of hydrogen-bond acceptors (Lipinski definition) is 5. The smallest absolute Gasteiger partial charge is 0.391 e. The van der Waals surface area contributed by atoms with Crippen molar-refractivity contribution in [3.05, 3.63) is 48.0 Å². The summed E-state index contributed by atoms with van der Waals surface area (Å²) in [5, 5.41) is 2.61. The highest BCUT2D eigenvalue weighted by molar-refractivity contribution is 7.92. The van der Waals surface area contributed by atoms with Gasteiger partial charge in [0.1, 0.15) is 0 Å². The van der Waals surface area contributed by atoms with Crippen LogP contribution in [0, 0.1) is 5.92 Å². The zero-order chi connectivity index (χ0) is 22.9. The third-order valence-electron chi connectivity index (χ3n) is 5.50. The Morgan fingerprint density at radius 1 is 1.03 bits per heavy atom. The highest BCUT2D eigenvalue weighted by Gasteiger charge is 2.42. The maximum absolute atomic E-state index is 13.0. The van der Waals surface area contributed by atoms with Crippen molar-refractivity contribution in [2.75, 3.05) is 11.5 Å². The van der Waals surface area contributed by atoms with Gasteiger partial charge >= 0.3 is 6.18 Å². The van der Waals surface area contributed by atoms with Crippen LogP contribution in [-0.4, -0.2) is 33.3 Å². The lowest BCUT2D eigenvalue weighted by Crippen LogP contribution is -2.41. The summed E-state index contributed by atoms with van der Waals surface area (Å²) in [6, 6.07) is 9.29. The van der Waals surface area contributed by atoms with E-state index >= 15 is 0 Å². The Labute approximate surface area is 183 Å². The van der Waals surface area contributed by atoms with Gasteiger partial charge in [-0.05, 0) is 49.6 Å². The minimum Gasteiger partial charge on any atom is -0.454 e. The highest BCUT2D eigenvalue weighted by atomic mass is 32.2. The maximum Gasteiger partial charge on any atom is 0.391 e. The molecule has 1 aliphatic heterocycles. The fourth-order valence-corrected chi connectivity index (χ4v) is 4.96. The molecule has 1 saturated carbocycles. The minimum absolute atomic E-state index is 0.0488. The summed E-state index contributed by atoms with van der Waals surface area (Å²) in [7, 11) is -4.02. The minimum atomic E-state index is -4.29. The standard InChI is InChI=1S/C21H21F3N2O5S/c22-21(23,24)14-4-2-5-15(10-14)25-20(27)13-3-1-6-17(9-13)32(28,29)26-16-7-8-18-19(11-16)31-12-30-18/h1,3,6-9,11,14-15,26H,2,4-5,10,12H2,(H,25,27). The zero-order valence-corrected chi connectivity index (χ0v) is 17.6. The van der Waals surface area contributed by atoms with Crippen LogP contribution >= 0.6 is 0 Å². The molecule has 2 aromatic rings. The number of ether oxygens (including phenoxy) is 2. The predicted molar refractivity (Wildman–Crippen MR) is 109 cm³/mol. The Hall–Kier alpha value is -2.95. The van der Waals surface area contributed by atoms with Crippen molar-refractivity contribution in [3.8, 4) is 11.5 Å². The third kappa shape index (κ3) is 4.93. The number of benzene rings is 2. The molecule has 4 rings (SSSR count). The lowest BCUT2D eigenvalue weighted by Gasteiger charge is -2.31. The van der Waals surface area contributed by atoms with Crippen molar-refractivity contribution in [1.29, 1.82) is 0 Å². The summed E-state index contributed by atoms with van der Waals surface area (Å²) < 4.78 is 77.4. The predicted octanol–water partition coefficient (Wildman–Crippen LogP) is 4.07. The van der Waals surface area contributed by atoms with E-state index in [9.17, 15) is 26.4 Å². The molecule has 1 heterocycles. The number of hydrogen-bond donors (Lipinski definition) is 2. The molecule has 1 aliphatic carbocycles. The molecule has 172 valence electrons. The SMILES string of the molecule is O=C(NC1CCCC(C(F)(F)F)C1)c1cccc(S(=O)(=O)Nc2ccc3c(c2)OCO3)c1. The summed E-state index contributed by atoms with van der Waals surface area (Å²) in [6.07, 6.45) is -3.61. The third-order valence-corrected chi connectivity index (χ3v) is 6.88. The van der Waals surface area contributed by atoms with E-state index in [0.717, 1.165) is 0 Å². The van der Waals surface area contributed by atoms with Crippen LogP contribution in [-0.2, 0) is 10.0 Å². The van der Waals surface area contributed by atoms with Crippen LogP contribution in [0.25, 0.3) is 0 Å². The Morgan fingerprint density at radius 2 is 1.81 bits per heavy atom. The lowest BCUT2D eigenvalue weighted by atomic mass is 9.85. The van der Waals surface area contributed by atoms with Crippen molar-refractivity contribution in [1.82, 2.24) is 5.32 Å². The van der Waals surface area contributed by atoms with Gasteiger partial charge in [-0.2, -0.15) is 13.2 Å². The van der Waals surface area contributed by atoms with Crippen LogP contribution in [0.5, 0.6) is 11.5 Å². The maximum atomic E-state index is 13.0. The van der Waals surface area contributed by atoms with E-state index in [-0.39, 0.29) is 35.8 Å². The van der Waals surface area contributed by atoms with Gasteiger partial charge in [-0.25, -0.2) is 8.42 Å². The van der Waals surface area contributed by atoms with Gasteiger partial charge in [-0.1, -0.05) is 12.5 Å². The second-order valence-corrected chi connectivity index (χ2v) is 9.46. The second-order valence-electron chi connectivity index (χ2n) is 7.78. The van der Waals surface area contributed by atoms with Gasteiger partial charge in [-0.3, -0.25) is 9.52 Å². The van der Waals surface area contributed by atoms with Crippen LogP contribution in [0.4, 0.5) is 18.9 Å². The molecule has 0 radical (unpaired) electrons. The molecule has 1 amide bonds. The van der Waals surface area contributed by atoms with Crippen LogP contribution < -0.4 is 19.5 Å². The number of fused-ring (bicyclic) bond motifs is 1. The summed E-state index contributed by atoms with van der Waals surface area (Å²) in [5.74, 6) is -1.15. The molecule has 7 nitrogen and oxygen atoms in total. The molecule has 2 unspecified atom stereocenters. The van der Waals surface area contributed by atoms with E-state index in [1.165, 1.54) is 36.4 Å². The first kappa shape index (κ1) is 22.3. The topological polar surface area (TPSA) is 93.7 Å². The summed E-state index contributed by atoms with van der Waals surface area (Å²) in [6.45, 7) is 0.0490. The first-order valence-electron chi connectivity index (χ1n) is 10.0. The van der Waals surface area contributed by atoms with Gasteiger partial charge in [0.05, 0.1) is 16.5 Å². The number of nitrogens with one attached hydrogen (secondary N) is 2. The molecular weight excluding hydrogens is 449 g/mol. The lowest BCUT2D eigenvalue weighted by molar-refractivity contribution is -0.183. The van der Waals surface area contributed by atoms with Crippen molar-refractivity contribution >= 4 is 21.6 Å². The van der Waals surface area contributed by atoms with E-state index < -0.39 is 34.1 Å². The quantitative estimate of drug-likeness (QED) is 0.687. The average Bonchev–Trinajstić information content (AvgIpc) is 3.21. The van der Waals surface area contributed by atoms with Crippen molar-refractivity contribution < 1.29 is 35.9 Å². The van der Waals surface area contributed by atoms with Crippen molar-refractivity contribution in [3.63, 3.8) is 0 Å². The Kier molecular flexibility index (Phi) is 5.93. The number of sulfonamides is 1. The molecule has 0 bridgehead atoms. The van der Waals surface area contributed by atoms with Crippen molar-refractivity contribution in [2.45, 2.75) is 42.8 Å². The number of carbonyl (C=O) groups is 1. The monoisotopic (exact) mass is 470 g/mol. The molecule has 1 fully saturated rings. The molecule has 11 heteroatoms. The van der Waals surface area contributed by atoms with Gasteiger partial charge in [0.2, 0.25) is 6.79 Å². The summed E-state index contributed by atoms with van der Waals surface area (Å²) >= 11 is 0. The average molecular weight is 470 g/mol. The van der Waals surface area contributed by atoms with Crippen LogP contribution in [0.1, 0.15) is 36.0 Å². The number of halogens is 3. The van der Waals surface area contributed by atoms with Gasteiger partial charge in [0.15, 0.2) is 11.5 Å². The highest BCUT2D eigenvalue weighted by Crippen LogP contribution is 2.38. The fraction of sp³-hybridized carbons (Fsp3) is 0.381. The fourth-order valence-electron chi connectivity index (χ4n) is 3.87. The number of alkyl halides is 3. The van der Waals surface area contributed by atoms with E-state index in [4.69, 9.17) is 9.47 Å². The molecule has 0 spiro atoms. The molecule has 2 aliphatic rings. The summed E-state index contributed by atoms with van der Waals surface area (Å²) in [5.41, 5.74) is 0.303. The van der Waals surface area contributed by atoms with Crippen LogP contribution in [0.2, 0.25) is 0 Å². The van der Waals surface area contributed by atoms with E-state index in [0.29, 0.717) is 24.3 Å².